The van der Waals surface area contributed by atoms with Gasteiger partial charge in [0.25, 0.3) is 5.56 Å². The molecule has 0 fully saturated rings. The number of hydrogen-bond donors (Lipinski definition) is 4. The molecule has 0 spiro atoms. The number of rotatable bonds is 8. The first-order valence-corrected chi connectivity index (χ1v) is 10.3. The Morgan fingerprint density at radius 2 is 1.89 bits per heavy atom. The van der Waals surface area contributed by atoms with E-state index >= 15 is 0 Å². The van der Waals surface area contributed by atoms with Gasteiger partial charge < -0.3 is 10.3 Å². The topological polar surface area (TPSA) is 141 Å². The Kier molecular flexibility index (Phi) is 6.92. The lowest BCUT2D eigenvalue weighted by atomic mass is 10.1. The minimum atomic E-state index is -3.61. The molecule has 9 nitrogen and oxygen atoms in total. The van der Waals surface area contributed by atoms with E-state index in [0.29, 0.717) is 16.8 Å². The van der Waals surface area contributed by atoms with E-state index in [9.17, 15) is 22.8 Å². The minimum absolute atomic E-state index is 0.0584. The van der Waals surface area contributed by atoms with Crippen LogP contribution in [0, 0.1) is 6.92 Å². The van der Waals surface area contributed by atoms with Crippen molar-refractivity contribution in [1.29, 1.82) is 0 Å². The number of hydrogen-bond acceptors (Lipinski definition) is 5. The zero-order valence-electron chi connectivity index (χ0n) is 16.0. The number of nitrogens with one attached hydrogen (secondary N) is 4. The predicted octanol–water partition coefficient (Wildman–Crippen LogP) is 0.307. The third kappa shape index (κ3) is 5.89. The quantitative estimate of drug-likeness (QED) is 0.497. The summed E-state index contributed by atoms with van der Waals surface area (Å²) in [6, 6.07) is 6.08. The van der Waals surface area contributed by atoms with E-state index in [1.54, 1.807) is 32.9 Å². The maximum absolute atomic E-state index is 12.2. The third-order valence-corrected chi connectivity index (χ3v) is 5.60. The number of sulfonamides is 1. The summed E-state index contributed by atoms with van der Waals surface area (Å²) in [6.07, 6.45) is 0.235. The van der Waals surface area contributed by atoms with Crippen LogP contribution in [0.4, 0.5) is 0 Å². The van der Waals surface area contributed by atoms with Crippen molar-refractivity contribution in [2.75, 3.05) is 0 Å². The highest BCUT2D eigenvalue weighted by molar-refractivity contribution is 7.89. The summed E-state index contributed by atoms with van der Waals surface area (Å²) in [7, 11) is -3.61. The number of benzene rings is 1. The van der Waals surface area contributed by atoms with Gasteiger partial charge in [-0.25, -0.2) is 17.9 Å². The molecule has 1 amide bonds. The lowest BCUT2D eigenvalue weighted by molar-refractivity contribution is -0.121. The smallest absolute Gasteiger partial charge is 0.325 e. The molecule has 0 bridgehead atoms. The number of carbonyl (C=O) groups excluding carboxylic acids is 1. The van der Waals surface area contributed by atoms with Crippen LogP contribution in [0.2, 0.25) is 0 Å². The minimum Gasteiger partial charge on any atom is -0.352 e. The van der Waals surface area contributed by atoms with Crippen molar-refractivity contribution in [2.45, 2.75) is 51.1 Å². The van der Waals surface area contributed by atoms with E-state index in [4.69, 9.17) is 0 Å². The van der Waals surface area contributed by atoms with E-state index < -0.39 is 21.3 Å². The highest BCUT2D eigenvalue weighted by atomic mass is 32.2. The molecule has 152 valence electrons. The van der Waals surface area contributed by atoms with E-state index in [1.165, 1.54) is 12.1 Å². The lowest BCUT2D eigenvalue weighted by Gasteiger charge is -2.11. The number of aromatic amines is 2. The largest absolute Gasteiger partial charge is 0.352 e. The fourth-order valence-corrected chi connectivity index (χ4v) is 3.98. The molecular weight excluding hydrogens is 384 g/mol. The van der Waals surface area contributed by atoms with E-state index in [-0.39, 0.29) is 36.2 Å². The summed E-state index contributed by atoms with van der Waals surface area (Å²) in [5.41, 5.74) is 0.319. The van der Waals surface area contributed by atoms with Crippen LogP contribution in [0.25, 0.3) is 0 Å². The second kappa shape index (κ2) is 8.98. The first-order chi connectivity index (χ1) is 13.1. The molecule has 4 N–H and O–H groups in total. The molecule has 0 aliphatic rings. The maximum atomic E-state index is 12.2. The number of aromatic nitrogens is 2. The zero-order valence-corrected chi connectivity index (χ0v) is 16.8. The van der Waals surface area contributed by atoms with Crippen LogP contribution >= 0.6 is 0 Å². The van der Waals surface area contributed by atoms with Gasteiger partial charge in [-0.2, -0.15) is 0 Å². The van der Waals surface area contributed by atoms with Gasteiger partial charge in [-0.1, -0.05) is 12.1 Å². The van der Waals surface area contributed by atoms with Gasteiger partial charge in [0.1, 0.15) is 0 Å². The normalized spacial score (nSPS) is 11.6. The summed E-state index contributed by atoms with van der Waals surface area (Å²) in [6.45, 7) is 5.22. The maximum Gasteiger partial charge on any atom is 0.325 e. The van der Waals surface area contributed by atoms with Gasteiger partial charge >= 0.3 is 5.69 Å². The van der Waals surface area contributed by atoms with Crippen LogP contribution in [-0.4, -0.2) is 30.3 Å². The van der Waals surface area contributed by atoms with Gasteiger partial charge in [-0.15, -0.1) is 0 Å². The number of amides is 1. The highest BCUT2D eigenvalue weighted by Gasteiger charge is 2.15. The second-order valence-electron chi connectivity index (χ2n) is 6.71. The van der Waals surface area contributed by atoms with Crippen molar-refractivity contribution >= 4 is 15.9 Å². The number of aryl methyl sites for hydroxylation is 1. The second-order valence-corrected chi connectivity index (χ2v) is 8.43. The van der Waals surface area contributed by atoms with Gasteiger partial charge in [-0.05, 0) is 44.9 Å². The summed E-state index contributed by atoms with van der Waals surface area (Å²) in [5.74, 6) is -0.293. The first-order valence-electron chi connectivity index (χ1n) is 8.78. The molecule has 1 heterocycles. The molecule has 0 radical (unpaired) electrons. The predicted molar refractivity (Wildman–Crippen MR) is 104 cm³/mol. The Balaban J connectivity index is 1.98. The third-order valence-electron chi connectivity index (χ3n) is 3.95. The van der Waals surface area contributed by atoms with Crippen molar-refractivity contribution in [3.05, 3.63) is 61.9 Å². The molecule has 0 atom stereocenters. The Labute approximate surface area is 162 Å². The van der Waals surface area contributed by atoms with Crippen molar-refractivity contribution < 1.29 is 13.2 Å². The van der Waals surface area contributed by atoms with Gasteiger partial charge in [-0.3, -0.25) is 14.6 Å². The van der Waals surface area contributed by atoms with Crippen molar-refractivity contribution in [3.8, 4) is 0 Å². The van der Waals surface area contributed by atoms with Gasteiger partial charge in [0, 0.05) is 30.3 Å². The Morgan fingerprint density at radius 3 is 2.54 bits per heavy atom. The first kappa shape index (κ1) is 21.6. The molecular formula is C18H24N4O5S. The van der Waals surface area contributed by atoms with Crippen molar-refractivity contribution in [3.63, 3.8) is 0 Å². The summed E-state index contributed by atoms with van der Waals surface area (Å²) in [4.78, 5) is 39.8. The average molecular weight is 408 g/mol. The van der Waals surface area contributed by atoms with Crippen molar-refractivity contribution in [2.24, 2.45) is 0 Å². The van der Waals surface area contributed by atoms with Crippen LogP contribution in [0.15, 0.2) is 38.8 Å². The number of carbonyl (C=O) groups is 1. The summed E-state index contributed by atoms with van der Waals surface area (Å²) in [5, 5.41) is 2.70. The highest BCUT2D eigenvalue weighted by Crippen LogP contribution is 2.12. The SMILES string of the molecule is Cc1[nH]c(=O)[nH]c(=O)c1CCC(=O)NCc1cccc(S(=O)(=O)NC(C)C)c1. The van der Waals surface area contributed by atoms with Crippen LogP contribution in [0.3, 0.4) is 0 Å². The van der Waals surface area contributed by atoms with Gasteiger partial charge in [0.2, 0.25) is 15.9 Å². The molecule has 2 rings (SSSR count). The molecule has 0 unspecified atom stereocenters. The molecule has 0 saturated carbocycles. The van der Waals surface area contributed by atoms with E-state index in [1.807, 2.05) is 0 Å². The molecule has 0 saturated heterocycles. The molecule has 0 aliphatic heterocycles. The van der Waals surface area contributed by atoms with Gasteiger partial charge in [0.15, 0.2) is 0 Å². The van der Waals surface area contributed by atoms with Crippen molar-refractivity contribution in [1.82, 2.24) is 20.0 Å². The Hall–Kier alpha value is -2.72. The van der Waals surface area contributed by atoms with E-state index in [2.05, 4.69) is 20.0 Å². The Bertz CT molecular complexity index is 1070. The fraction of sp³-hybridized carbons (Fsp3) is 0.389. The molecule has 1 aromatic carbocycles. The molecule has 28 heavy (non-hydrogen) atoms. The van der Waals surface area contributed by atoms with Crippen LogP contribution in [-0.2, 0) is 27.8 Å². The van der Waals surface area contributed by atoms with E-state index in [0.717, 1.165) is 0 Å². The molecule has 0 aliphatic carbocycles. The molecule has 1 aromatic heterocycles. The van der Waals surface area contributed by atoms with Crippen LogP contribution in [0.1, 0.15) is 37.1 Å². The standard InChI is InChI=1S/C18H24N4O5S/c1-11(2)22-28(26,27)14-6-4-5-13(9-14)10-19-16(23)8-7-15-12(3)20-18(25)21-17(15)24/h4-6,9,11,22H,7-8,10H2,1-3H3,(H,19,23)(H2,20,21,24,25). The zero-order chi connectivity index (χ0) is 20.9. The molecule has 10 heteroatoms. The van der Waals surface area contributed by atoms with Crippen LogP contribution in [0.5, 0.6) is 0 Å². The summed E-state index contributed by atoms with van der Waals surface area (Å²) < 4.78 is 27.0. The monoisotopic (exact) mass is 408 g/mol. The van der Waals surface area contributed by atoms with Gasteiger partial charge in [0.05, 0.1) is 4.90 Å². The summed E-state index contributed by atoms with van der Waals surface area (Å²) >= 11 is 0. The Morgan fingerprint density at radius 1 is 1.18 bits per heavy atom. The van der Waals surface area contributed by atoms with Crippen LogP contribution < -0.4 is 21.3 Å². The number of H-pyrrole nitrogens is 2. The molecule has 2 aromatic rings. The fourth-order valence-electron chi connectivity index (χ4n) is 2.66. The average Bonchev–Trinajstić information content (AvgIpc) is 2.58. The lowest BCUT2D eigenvalue weighted by Crippen LogP contribution is -2.30.